The highest BCUT2D eigenvalue weighted by Gasteiger charge is 2.13. The van der Waals surface area contributed by atoms with Crippen molar-refractivity contribution in [1.82, 2.24) is 9.59 Å². The van der Waals surface area contributed by atoms with Gasteiger partial charge in [-0.1, -0.05) is 11.4 Å². The highest BCUT2D eigenvalue weighted by Crippen LogP contribution is 2.14. The summed E-state index contributed by atoms with van der Waals surface area (Å²) in [6.45, 7) is 3.75. The molecular weight excluding hydrogens is 196 g/mol. The molecule has 0 bridgehead atoms. The molecule has 0 amide bonds. The number of Topliss-reactive ketones (excluding diaryl/α,β-unsaturated/α-hetero) is 1. The number of hydrogen-bond acceptors (Lipinski definition) is 4. The molecule has 0 atom stereocenters. The maximum atomic E-state index is 11.6. The monoisotopic (exact) mass is 208 g/mol. The number of ketones is 1. The average molecular weight is 208 g/mol. The molecule has 0 unspecified atom stereocenters. The van der Waals surface area contributed by atoms with Crippen LogP contribution in [0.2, 0.25) is 0 Å². The maximum absolute atomic E-state index is 11.6. The summed E-state index contributed by atoms with van der Waals surface area (Å²) in [4.78, 5) is 12.3. The molecule has 0 fully saturated rings. The summed E-state index contributed by atoms with van der Waals surface area (Å²) in [5, 5.41) is 3.90. The van der Waals surface area contributed by atoms with Gasteiger partial charge in [0, 0.05) is 12.8 Å². The summed E-state index contributed by atoms with van der Waals surface area (Å²) in [5.41, 5.74) is 0.810. The Bertz CT molecular complexity index is 373. The summed E-state index contributed by atoms with van der Waals surface area (Å²) in [5.74, 6) is 5.75. The molecule has 3 nitrogen and oxygen atoms in total. The Hall–Kier alpha value is -1.21. The summed E-state index contributed by atoms with van der Waals surface area (Å²) in [6, 6.07) is 0. The standard InChI is InChI=1S/C10H12N2OS/c1-3-5-6-7-9(13)10-8(4-2)11-12-14-10/h4,6-7H2,1-2H3. The summed E-state index contributed by atoms with van der Waals surface area (Å²) < 4.78 is 3.78. The molecule has 4 heteroatoms. The Kier molecular flexibility index (Phi) is 4.27. The fourth-order valence-electron chi connectivity index (χ4n) is 1.07. The van der Waals surface area contributed by atoms with E-state index >= 15 is 0 Å². The first kappa shape index (κ1) is 10.9. The second-order valence-corrected chi connectivity index (χ2v) is 3.51. The van der Waals surface area contributed by atoms with Crippen molar-refractivity contribution in [2.24, 2.45) is 0 Å². The third-order valence-corrected chi connectivity index (χ3v) is 2.61. The Morgan fingerprint density at radius 1 is 1.57 bits per heavy atom. The lowest BCUT2D eigenvalue weighted by atomic mass is 10.1. The van der Waals surface area contributed by atoms with E-state index in [1.54, 1.807) is 6.92 Å². The second kappa shape index (κ2) is 5.51. The van der Waals surface area contributed by atoms with Crippen LogP contribution >= 0.6 is 11.5 Å². The van der Waals surface area contributed by atoms with Crippen molar-refractivity contribution in [2.45, 2.75) is 33.1 Å². The van der Waals surface area contributed by atoms with Gasteiger partial charge < -0.3 is 0 Å². The normalized spacial score (nSPS) is 9.29. The zero-order chi connectivity index (χ0) is 10.4. The molecule has 0 aliphatic heterocycles. The van der Waals surface area contributed by atoms with Crippen LogP contribution in [-0.2, 0) is 6.42 Å². The molecule has 0 aromatic carbocycles. The second-order valence-electron chi connectivity index (χ2n) is 2.75. The zero-order valence-electron chi connectivity index (χ0n) is 8.33. The maximum Gasteiger partial charge on any atom is 0.177 e. The quantitative estimate of drug-likeness (QED) is 0.562. The van der Waals surface area contributed by atoms with E-state index < -0.39 is 0 Å². The van der Waals surface area contributed by atoms with Gasteiger partial charge >= 0.3 is 0 Å². The van der Waals surface area contributed by atoms with Crippen LogP contribution in [0.15, 0.2) is 0 Å². The Balaban J connectivity index is 2.63. The SMILES string of the molecule is CC#CCCC(=O)c1snnc1CC. The van der Waals surface area contributed by atoms with E-state index in [0.29, 0.717) is 17.7 Å². The smallest absolute Gasteiger partial charge is 0.177 e. The van der Waals surface area contributed by atoms with Gasteiger partial charge in [-0.2, -0.15) is 0 Å². The molecule has 0 N–H and O–H groups in total. The fourth-order valence-corrected chi connectivity index (χ4v) is 1.78. The lowest BCUT2D eigenvalue weighted by Crippen LogP contribution is -1.99. The Labute approximate surface area is 87.7 Å². The lowest BCUT2D eigenvalue weighted by molar-refractivity contribution is 0.0987. The summed E-state index contributed by atoms with van der Waals surface area (Å²) >= 11 is 1.18. The Morgan fingerprint density at radius 3 is 3.00 bits per heavy atom. The first-order valence-corrected chi connectivity index (χ1v) is 5.31. The van der Waals surface area contributed by atoms with Crippen LogP contribution in [0.4, 0.5) is 0 Å². The largest absolute Gasteiger partial charge is 0.293 e. The van der Waals surface area contributed by atoms with Crippen molar-refractivity contribution in [3.63, 3.8) is 0 Å². The Morgan fingerprint density at radius 2 is 2.36 bits per heavy atom. The van der Waals surface area contributed by atoms with Crippen LogP contribution in [0.5, 0.6) is 0 Å². The van der Waals surface area contributed by atoms with Gasteiger partial charge in [-0.15, -0.1) is 16.9 Å². The molecular formula is C10H12N2OS. The number of aromatic nitrogens is 2. The number of nitrogens with zero attached hydrogens (tertiary/aromatic N) is 2. The molecule has 14 heavy (non-hydrogen) atoms. The molecule has 0 aliphatic carbocycles. The van der Waals surface area contributed by atoms with E-state index in [0.717, 1.165) is 12.1 Å². The number of carbonyl (C=O) groups excluding carboxylic acids is 1. The van der Waals surface area contributed by atoms with Gasteiger partial charge in [0.2, 0.25) is 0 Å². The van der Waals surface area contributed by atoms with E-state index in [1.807, 2.05) is 6.92 Å². The third-order valence-electron chi connectivity index (χ3n) is 1.80. The van der Waals surface area contributed by atoms with Crippen LogP contribution in [0.3, 0.4) is 0 Å². The van der Waals surface area contributed by atoms with E-state index in [4.69, 9.17) is 0 Å². The van der Waals surface area contributed by atoms with Gasteiger partial charge in [0.25, 0.3) is 0 Å². The van der Waals surface area contributed by atoms with Gasteiger partial charge in [-0.3, -0.25) is 4.79 Å². The zero-order valence-corrected chi connectivity index (χ0v) is 9.15. The lowest BCUT2D eigenvalue weighted by Gasteiger charge is -1.94. The van der Waals surface area contributed by atoms with Gasteiger partial charge in [-0.05, 0) is 24.9 Å². The van der Waals surface area contributed by atoms with Gasteiger partial charge in [0.05, 0.1) is 5.69 Å². The predicted molar refractivity (Wildman–Crippen MR) is 56.3 cm³/mol. The van der Waals surface area contributed by atoms with Gasteiger partial charge in [0.15, 0.2) is 5.78 Å². The van der Waals surface area contributed by atoms with Crippen LogP contribution in [0, 0.1) is 11.8 Å². The van der Waals surface area contributed by atoms with Crippen LogP contribution in [0.1, 0.15) is 42.1 Å². The van der Waals surface area contributed by atoms with Gasteiger partial charge in [-0.25, -0.2) is 0 Å². The first-order valence-electron chi connectivity index (χ1n) is 4.53. The minimum Gasteiger partial charge on any atom is -0.293 e. The minimum absolute atomic E-state index is 0.111. The molecule has 74 valence electrons. The minimum atomic E-state index is 0.111. The van der Waals surface area contributed by atoms with Crippen LogP contribution in [-0.4, -0.2) is 15.4 Å². The van der Waals surface area contributed by atoms with E-state index in [9.17, 15) is 4.79 Å². The molecule has 0 saturated carbocycles. The highest BCUT2D eigenvalue weighted by atomic mass is 32.1. The van der Waals surface area contributed by atoms with Gasteiger partial charge in [0.1, 0.15) is 4.88 Å². The summed E-state index contributed by atoms with van der Waals surface area (Å²) in [7, 11) is 0. The van der Waals surface area contributed by atoms with Crippen molar-refractivity contribution in [2.75, 3.05) is 0 Å². The molecule has 1 rings (SSSR count). The molecule has 1 aromatic rings. The van der Waals surface area contributed by atoms with E-state index in [1.165, 1.54) is 11.5 Å². The van der Waals surface area contributed by atoms with Crippen molar-refractivity contribution < 1.29 is 4.79 Å². The van der Waals surface area contributed by atoms with Crippen LogP contribution < -0.4 is 0 Å². The van der Waals surface area contributed by atoms with E-state index in [-0.39, 0.29) is 5.78 Å². The van der Waals surface area contributed by atoms with Crippen molar-refractivity contribution in [3.05, 3.63) is 10.6 Å². The topological polar surface area (TPSA) is 42.9 Å². The number of hydrogen-bond donors (Lipinski definition) is 0. The van der Waals surface area contributed by atoms with Crippen molar-refractivity contribution in [3.8, 4) is 11.8 Å². The van der Waals surface area contributed by atoms with Crippen molar-refractivity contribution in [1.29, 1.82) is 0 Å². The van der Waals surface area contributed by atoms with Crippen LogP contribution in [0.25, 0.3) is 0 Å². The molecule has 0 aliphatic rings. The molecule has 0 radical (unpaired) electrons. The third kappa shape index (κ3) is 2.64. The average Bonchev–Trinajstić information content (AvgIpc) is 2.65. The fraction of sp³-hybridized carbons (Fsp3) is 0.500. The van der Waals surface area contributed by atoms with Crippen molar-refractivity contribution >= 4 is 17.3 Å². The number of rotatable bonds is 4. The molecule has 0 saturated heterocycles. The number of carbonyl (C=O) groups is 1. The predicted octanol–water partition coefficient (Wildman–Crippen LogP) is 2.09. The molecule has 1 heterocycles. The summed E-state index contributed by atoms with van der Waals surface area (Å²) in [6.07, 6.45) is 1.85. The number of aryl methyl sites for hydroxylation is 1. The molecule has 0 spiro atoms. The van der Waals surface area contributed by atoms with E-state index in [2.05, 4.69) is 21.4 Å². The highest BCUT2D eigenvalue weighted by molar-refractivity contribution is 7.08. The molecule has 1 aromatic heterocycles. The first-order chi connectivity index (χ1) is 6.79.